The van der Waals surface area contributed by atoms with Crippen LogP contribution in [0, 0.1) is 0 Å². The van der Waals surface area contributed by atoms with Crippen molar-refractivity contribution in [3.8, 4) is 22.6 Å². The van der Waals surface area contributed by atoms with Crippen LogP contribution >= 0.6 is 0 Å². The molecule has 2 aromatic heterocycles. The summed E-state index contributed by atoms with van der Waals surface area (Å²) in [6, 6.07) is 8.53. The molecule has 41 heavy (non-hydrogen) atoms. The van der Waals surface area contributed by atoms with Gasteiger partial charge in [0.15, 0.2) is 5.82 Å². The number of halogens is 10. The third-order valence-corrected chi connectivity index (χ3v) is 6.10. The van der Waals surface area contributed by atoms with Gasteiger partial charge in [-0.25, -0.2) is 15.0 Å². The topological polar surface area (TPSA) is 81.0 Å². The molecular formula is C24H20BF10N4O2. The van der Waals surface area contributed by atoms with Gasteiger partial charge in [0.05, 0.1) is 16.9 Å². The highest BCUT2D eigenvalue weighted by atomic mass is 19.4. The third kappa shape index (κ3) is 6.61. The molecule has 0 saturated heterocycles. The van der Waals surface area contributed by atoms with Crippen molar-refractivity contribution in [1.82, 2.24) is 19.9 Å². The van der Waals surface area contributed by atoms with Crippen LogP contribution in [0.25, 0.3) is 22.6 Å². The lowest BCUT2D eigenvalue weighted by Crippen LogP contribution is -2.49. The molecule has 0 saturated carbocycles. The number of hydrogen-bond donors (Lipinski definition) is 1. The van der Waals surface area contributed by atoms with Gasteiger partial charge in [-0.05, 0) is 39.8 Å². The summed E-state index contributed by atoms with van der Waals surface area (Å²) in [6.45, 7) is 6.50. The van der Waals surface area contributed by atoms with Crippen molar-refractivity contribution in [2.75, 3.05) is 0 Å². The van der Waals surface area contributed by atoms with Crippen LogP contribution in [-0.2, 0) is 16.5 Å². The smallest absolute Gasteiger partial charge is 0.427 e. The summed E-state index contributed by atoms with van der Waals surface area (Å²) in [5.74, 6) is -18.5. The Labute approximate surface area is 227 Å². The Morgan fingerprint density at radius 2 is 1.12 bits per heavy atom. The molecule has 17 heteroatoms. The number of rotatable bonds is 8. The molecule has 0 amide bonds. The average Bonchev–Trinajstić information content (AvgIpc) is 2.85. The Balaban J connectivity index is 1.95. The van der Waals surface area contributed by atoms with Crippen molar-refractivity contribution in [2.45, 2.75) is 63.1 Å². The molecule has 0 atom stereocenters. The van der Waals surface area contributed by atoms with Crippen molar-refractivity contribution in [3.63, 3.8) is 0 Å². The minimum Gasteiger partial charge on any atom is -0.427 e. The SMILES string of the molecule is CC(C)(O)C(C)(C)O[B]c1ccc(-c2ccc(-c3nc(C(F)(F)C(F)(F)F)nc(C(F)(F)C(F)(F)F)n3)cn2)cc1. The van der Waals surface area contributed by atoms with Crippen LogP contribution in [0.15, 0.2) is 42.6 Å². The molecule has 0 unspecified atom stereocenters. The van der Waals surface area contributed by atoms with Gasteiger partial charge in [-0.2, -0.15) is 43.9 Å². The monoisotopic (exact) mass is 597 g/mol. The molecule has 0 bridgehead atoms. The highest BCUT2D eigenvalue weighted by Gasteiger charge is 2.64. The van der Waals surface area contributed by atoms with E-state index in [0.717, 1.165) is 12.3 Å². The van der Waals surface area contributed by atoms with Crippen molar-refractivity contribution >= 4 is 12.9 Å². The lowest BCUT2D eigenvalue weighted by atomic mass is 9.82. The van der Waals surface area contributed by atoms with E-state index in [0.29, 0.717) is 11.0 Å². The molecule has 0 aliphatic carbocycles. The fourth-order valence-electron chi connectivity index (χ4n) is 2.83. The van der Waals surface area contributed by atoms with Gasteiger partial charge in [0, 0.05) is 17.3 Å². The maximum Gasteiger partial charge on any atom is 0.461 e. The van der Waals surface area contributed by atoms with E-state index in [2.05, 4.69) is 19.9 Å². The number of hydrogen-bond acceptors (Lipinski definition) is 6. The molecule has 1 aromatic carbocycles. The maximum absolute atomic E-state index is 13.9. The molecular weight excluding hydrogens is 577 g/mol. The highest BCUT2D eigenvalue weighted by Crippen LogP contribution is 2.46. The molecule has 1 radical (unpaired) electrons. The Bertz CT molecular complexity index is 1330. The van der Waals surface area contributed by atoms with Crippen LogP contribution in [0.5, 0.6) is 0 Å². The standard InChI is InChI=1S/C24H20BF10N4O2/c1-19(2,40)20(3,4)41-25-14-8-5-12(6-9-14)15-10-7-13(11-36-15)16-37-17(21(26,27)23(30,31)32)39-18(38-16)22(28,29)24(33,34)35/h5-11,40H,1-4H3. The zero-order valence-corrected chi connectivity index (χ0v) is 21.5. The summed E-state index contributed by atoms with van der Waals surface area (Å²) < 4.78 is 138. The first-order chi connectivity index (χ1) is 18.5. The molecule has 1 N–H and O–H groups in total. The van der Waals surface area contributed by atoms with E-state index >= 15 is 0 Å². The second-order valence-electron chi connectivity index (χ2n) is 9.81. The van der Waals surface area contributed by atoms with E-state index in [1.807, 2.05) is 0 Å². The number of aromatic nitrogens is 4. The predicted molar refractivity (Wildman–Crippen MR) is 125 cm³/mol. The minimum atomic E-state index is -6.41. The van der Waals surface area contributed by atoms with Crippen LogP contribution in [0.4, 0.5) is 43.9 Å². The van der Waals surface area contributed by atoms with Gasteiger partial charge in [-0.3, -0.25) is 4.98 Å². The number of pyridine rings is 1. The first-order valence-electron chi connectivity index (χ1n) is 11.4. The quantitative estimate of drug-likeness (QED) is 0.265. The van der Waals surface area contributed by atoms with E-state index < -0.39 is 58.4 Å². The normalized spacial score (nSPS) is 13.8. The fourth-order valence-corrected chi connectivity index (χ4v) is 2.83. The molecule has 3 aromatic rings. The van der Waals surface area contributed by atoms with Gasteiger partial charge in [0.1, 0.15) is 0 Å². The Morgan fingerprint density at radius 3 is 1.51 bits per heavy atom. The maximum atomic E-state index is 13.9. The molecule has 221 valence electrons. The van der Waals surface area contributed by atoms with Gasteiger partial charge >= 0.3 is 31.7 Å². The summed E-state index contributed by atoms with van der Waals surface area (Å²) in [4.78, 5) is 11.8. The van der Waals surface area contributed by atoms with Crippen LogP contribution in [0.3, 0.4) is 0 Å². The van der Waals surface area contributed by atoms with Crippen LogP contribution < -0.4 is 5.46 Å². The molecule has 0 aliphatic heterocycles. The number of nitrogens with zero attached hydrogens (tertiary/aromatic N) is 4. The first kappa shape index (κ1) is 32.2. The van der Waals surface area contributed by atoms with E-state index in [1.54, 1.807) is 52.0 Å². The number of alkyl halides is 10. The summed E-state index contributed by atoms with van der Waals surface area (Å²) in [5.41, 5.74) is -1.40. The van der Waals surface area contributed by atoms with Gasteiger partial charge in [-0.1, -0.05) is 29.7 Å². The average molecular weight is 597 g/mol. The number of aliphatic hydroxyl groups is 1. The second kappa shape index (κ2) is 10.5. The lowest BCUT2D eigenvalue weighted by molar-refractivity contribution is -0.297. The second-order valence-corrected chi connectivity index (χ2v) is 9.81. The van der Waals surface area contributed by atoms with Crippen molar-refractivity contribution in [2.24, 2.45) is 0 Å². The minimum absolute atomic E-state index is 0.203. The molecule has 6 nitrogen and oxygen atoms in total. The molecule has 0 spiro atoms. The lowest BCUT2D eigenvalue weighted by Gasteiger charge is -2.37. The van der Waals surface area contributed by atoms with Gasteiger partial charge in [0.25, 0.3) is 0 Å². The van der Waals surface area contributed by atoms with Crippen LogP contribution in [0.2, 0.25) is 0 Å². The van der Waals surface area contributed by atoms with E-state index in [9.17, 15) is 49.0 Å². The summed E-state index contributed by atoms with van der Waals surface area (Å²) in [7, 11) is 1.40. The summed E-state index contributed by atoms with van der Waals surface area (Å²) in [6.07, 6.45) is -12.0. The third-order valence-electron chi connectivity index (χ3n) is 6.10. The van der Waals surface area contributed by atoms with Crippen molar-refractivity contribution in [1.29, 1.82) is 0 Å². The Kier molecular flexibility index (Phi) is 8.24. The molecule has 2 heterocycles. The zero-order chi connectivity index (χ0) is 31.2. The van der Waals surface area contributed by atoms with E-state index in [-0.39, 0.29) is 5.69 Å². The number of benzene rings is 1. The fraction of sp³-hybridized carbons (Fsp3) is 0.417. The highest BCUT2D eigenvalue weighted by molar-refractivity contribution is 6.47. The van der Waals surface area contributed by atoms with Crippen molar-refractivity contribution in [3.05, 3.63) is 54.2 Å². The molecule has 0 fully saturated rings. The van der Waals surface area contributed by atoms with Crippen LogP contribution in [-0.4, -0.2) is 56.1 Å². The van der Waals surface area contributed by atoms with Crippen molar-refractivity contribution < 1.29 is 53.7 Å². The summed E-state index contributed by atoms with van der Waals surface area (Å²) >= 11 is 0. The Morgan fingerprint density at radius 1 is 0.659 bits per heavy atom. The molecule has 3 rings (SSSR count). The van der Waals surface area contributed by atoms with Gasteiger partial charge < -0.3 is 9.76 Å². The molecule has 0 aliphatic rings. The van der Waals surface area contributed by atoms with E-state index in [1.165, 1.54) is 13.5 Å². The zero-order valence-electron chi connectivity index (χ0n) is 21.5. The largest absolute Gasteiger partial charge is 0.461 e. The van der Waals surface area contributed by atoms with Gasteiger partial charge in [-0.15, -0.1) is 0 Å². The van der Waals surface area contributed by atoms with Gasteiger partial charge in [0.2, 0.25) is 11.6 Å². The first-order valence-corrected chi connectivity index (χ1v) is 11.4. The Hall–Kier alpha value is -3.34. The predicted octanol–water partition coefficient (Wildman–Crippen LogP) is 5.72. The summed E-state index contributed by atoms with van der Waals surface area (Å²) in [5, 5.41) is 10.2. The van der Waals surface area contributed by atoms with Crippen LogP contribution in [0.1, 0.15) is 39.3 Å². The van der Waals surface area contributed by atoms with E-state index in [4.69, 9.17) is 4.65 Å².